The smallest absolute Gasteiger partial charge is 0.356 e. The highest BCUT2D eigenvalue weighted by molar-refractivity contribution is 7.86. The number of aromatic nitrogens is 5. The summed E-state index contributed by atoms with van der Waals surface area (Å²) in [6.07, 6.45) is 0. The topological polar surface area (TPSA) is 327 Å². The van der Waals surface area contributed by atoms with Crippen molar-refractivity contribution in [1.29, 1.82) is 0 Å². The molecule has 0 radical (unpaired) electrons. The van der Waals surface area contributed by atoms with Gasteiger partial charge in [-0.05, 0) is 103 Å². The number of benzene rings is 6. The van der Waals surface area contributed by atoms with Crippen molar-refractivity contribution in [2.24, 2.45) is 0 Å². The molecule has 0 bridgehead atoms. The molecule has 0 aliphatic heterocycles. The Morgan fingerprint density at radius 1 is 0.700 bits per heavy atom. The van der Waals surface area contributed by atoms with Gasteiger partial charge in [0.1, 0.15) is 36.7 Å². The van der Waals surface area contributed by atoms with Gasteiger partial charge in [0, 0.05) is 60.1 Å². The number of methoxy groups -OCH3 is 1. The summed E-state index contributed by atoms with van der Waals surface area (Å²) in [5.41, 5.74) is 3.33. The molecule has 2 aromatic heterocycles. The van der Waals surface area contributed by atoms with E-state index in [0.29, 0.717) is 39.9 Å². The molecule has 362 valence electrons. The van der Waals surface area contributed by atoms with Gasteiger partial charge in [-0.2, -0.15) is 31.8 Å². The third kappa shape index (κ3) is 11.1. The number of anilines is 7. The zero-order chi connectivity index (χ0) is 50.3. The zero-order valence-electron chi connectivity index (χ0n) is 36.2. The van der Waals surface area contributed by atoms with Crippen LogP contribution in [0.1, 0.15) is 12.5 Å². The number of hydrogen-bond donors (Lipinski definition) is 7. The SMILES string of the molecule is CCN(Cc1cccc(S(=O)(=O)O)c1)c1ccc2nc3ccc(Nc4ccc(Nc5nc(Cl)nc(Nc6cccc(P(=O)(O)O)c6)n5)cc4S(=O)(=O)O)cc3[n+](-c3ccc(OC)c(S(=O)(=O)[O-])c3)c2c1. The van der Waals surface area contributed by atoms with Crippen LogP contribution in [0.3, 0.4) is 0 Å². The van der Waals surface area contributed by atoms with E-state index in [1.807, 2.05) is 11.8 Å². The van der Waals surface area contributed by atoms with Gasteiger partial charge in [-0.15, -0.1) is 4.57 Å². The van der Waals surface area contributed by atoms with Crippen molar-refractivity contribution in [3.63, 3.8) is 0 Å². The van der Waals surface area contributed by atoms with E-state index in [-0.39, 0.29) is 68.1 Å². The van der Waals surface area contributed by atoms with Gasteiger partial charge in [0.05, 0.1) is 23.0 Å². The molecule has 0 spiro atoms. The minimum atomic E-state index is -5.09. The van der Waals surface area contributed by atoms with Gasteiger partial charge >= 0.3 is 7.60 Å². The number of hydrogen-bond acceptors (Lipinski definition) is 17. The van der Waals surface area contributed by atoms with Crippen LogP contribution in [0.4, 0.5) is 40.3 Å². The standard InChI is InChI=1S/C43H37ClN9O13PS3/c1-3-52(24-25-6-4-9-32(18-25)68(57,58)59)29-12-16-34-37(22-29)53(30-13-17-38(66-2)40(23-30)70(63,64)65)36-20-27(10-14-33(36)48-34)45-35-15-11-28(21-39(35)69(60,61)62)47-43-50-41(44)49-42(51-43)46-26-7-5-8-31(19-26)67(54,55)56/h4-23H,3,24H2,1-2H3,(H7,46,47,48,49,50,51,54,55,56,57,58,59,60,61,62,63,64,65). The highest BCUT2D eigenvalue weighted by Gasteiger charge is 2.26. The van der Waals surface area contributed by atoms with E-state index in [2.05, 4.69) is 30.9 Å². The molecule has 0 aliphatic carbocycles. The predicted octanol–water partition coefficient (Wildman–Crippen LogP) is 5.97. The number of fused-ring (bicyclic) bond motifs is 2. The fourth-order valence-corrected chi connectivity index (χ4v) is 10.00. The average molecular weight is 1050 g/mol. The van der Waals surface area contributed by atoms with E-state index in [4.69, 9.17) is 21.3 Å². The molecular weight excluding hydrogens is 1010 g/mol. The minimum Gasteiger partial charge on any atom is -0.744 e. The molecule has 0 aliphatic rings. The lowest BCUT2D eigenvalue weighted by atomic mass is 10.1. The van der Waals surface area contributed by atoms with Gasteiger partial charge in [-0.25, -0.2) is 13.4 Å². The molecule has 70 heavy (non-hydrogen) atoms. The lowest BCUT2D eigenvalue weighted by Gasteiger charge is -2.23. The van der Waals surface area contributed by atoms with Crippen molar-refractivity contribution in [2.45, 2.75) is 28.2 Å². The van der Waals surface area contributed by atoms with Crippen LogP contribution < -0.4 is 35.5 Å². The normalized spacial score (nSPS) is 12.2. The number of halogens is 1. The Morgan fingerprint density at radius 3 is 1.99 bits per heavy atom. The molecule has 7 N–H and O–H groups in total. The van der Waals surface area contributed by atoms with Crippen LogP contribution in [0, 0.1) is 0 Å². The summed E-state index contributed by atoms with van der Waals surface area (Å²) in [6.45, 7) is 2.49. The fourth-order valence-electron chi connectivity index (χ4n) is 7.36. The maximum Gasteiger partial charge on any atom is 0.356 e. The maximum atomic E-state index is 12.9. The van der Waals surface area contributed by atoms with Crippen LogP contribution in [0.15, 0.2) is 136 Å². The van der Waals surface area contributed by atoms with Crippen molar-refractivity contribution in [3.8, 4) is 11.4 Å². The van der Waals surface area contributed by atoms with E-state index in [9.17, 15) is 53.3 Å². The Kier molecular flexibility index (Phi) is 13.5. The molecule has 8 rings (SSSR count). The van der Waals surface area contributed by atoms with Crippen LogP contribution in [-0.2, 0) is 41.5 Å². The van der Waals surface area contributed by atoms with E-state index in [1.165, 1.54) is 73.8 Å². The molecule has 0 saturated carbocycles. The largest absolute Gasteiger partial charge is 0.744 e. The number of ether oxygens (including phenoxy) is 1. The first kappa shape index (κ1) is 49.5. The van der Waals surface area contributed by atoms with Crippen molar-refractivity contribution < 1.29 is 62.6 Å². The third-order valence-electron chi connectivity index (χ3n) is 10.5. The molecule has 8 aromatic rings. The minimum absolute atomic E-state index is 0.0635. The highest BCUT2D eigenvalue weighted by Crippen LogP contribution is 2.35. The Hall–Kier alpha value is -6.90. The summed E-state index contributed by atoms with van der Waals surface area (Å²) in [5.74, 6) is -0.525. The van der Waals surface area contributed by atoms with Crippen molar-refractivity contribution in [2.75, 3.05) is 34.5 Å². The molecule has 6 aromatic carbocycles. The van der Waals surface area contributed by atoms with Crippen molar-refractivity contribution >= 4 is 117 Å². The van der Waals surface area contributed by atoms with E-state index in [1.54, 1.807) is 47.0 Å². The summed E-state index contributed by atoms with van der Waals surface area (Å²) in [4.78, 5) is 36.6. The predicted molar refractivity (Wildman–Crippen MR) is 257 cm³/mol. The summed E-state index contributed by atoms with van der Waals surface area (Å²) in [7, 11) is -17.9. The molecule has 0 amide bonds. The van der Waals surface area contributed by atoms with Crippen molar-refractivity contribution in [1.82, 2.24) is 19.9 Å². The zero-order valence-corrected chi connectivity index (χ0v) is 40.3. The number of rotatable bonds is 16. The first-order valence-corrected chi connectivity index (χ1v) is 26.5. The molecule has 0 unspecified atom stereocenters. The molecule has 2 heterocycles. The van der Waals surface area contributed by atoms with Crippen LogP contribution in [0.25, 0.3) is 27.8 Å². The molecule has 0 saturated heterocycles. The van der Waals surface area contributed by atoms with Gasteiger partial charge in [0.2, 0.25) is 33.9 Å². The molecule has 27 heteroatoms. The summed E-state index contributed by atoms with van der Waals surface area (Å²) >= 11 is 6.15. The monoisotopic (exact) mass is 1050 g/mol. The Morgan fingerprint density at radius 2 is 1.34 bits per heavy atom. The fraction of sp³-hybridized carbons (Fsp3) is 0.0930. The summed E-state index contributed by atoms with van der Waals surface area (Å²) < 4.78 is 126. The van der Waals surface area contributed by atoms with Gasteiger partial charge in [-0.3, -0.25) is 13.7 Å². The second kappa shape index (κ2) is 19.1. The molecule has 0 atom stereocenters. The van der Waals surface area contributed by atoms with Gasteiger partial charge < -0.3 is 39.9 Å². The average Bonchev–Trinajstić information content (AvgIpc) is 3.29. The maximum absolute atomic E-state index is 12.9. The van der Waals surface area contributed by atoms with Crippen molar-refractivity contribution in [3.05, 3.63) is 132 Å². The molecule has 0 fully saturated rings. The second-order valence-corrected chi connectivity index (χ2v) is 21.3. The van der Waals surface area contributed by atoms with Crippen LogP contribution in [0.2, 0.25) is 5.28 Å². The van der Waals surface area contributed by atoms with Gasteiger partial charge in [0.15, 0.2) is 0 Å². The van der Waals surface area contributed by atoms with Crippen LogP contribution in [-0.4, -0.2) is 82.3 Å². The van der Waals surface area contributed by atoms with Crippen LogP contribution in [0.5, 0.6) is 5.75 Å². The Balaban J connectivity index is 1.19. The van der Waals surface area contributed by atoms with Gasteiger partial charge in [-0.1, -0.05) is 18.2 Å². The van der Waals surface area contributed by atoms with Crippen LogP contribution >= 0.6 is 19.2 Å². The third-order valence-corrected chi connectivity index (χ3v) is 14.2. The van der Waals surface area contributed by atoms with E-state index < -0.39 is 47.7 Å². The number of nitrogens with zero attached hydrogens (tertiary/aromatic N) is 6. The highest BCUT2D eigenvalue weighted by atomic mass is 35.5. The summed E-state index contributed by atoms with van der Waals surface area (Å²) in [6, 6.07) is 29.1. The first-order valence-electron chi connectivity index (χ1n) is 20.2. The molecule has 22 nitrogen and oxygen atoms in total. The Labute approximate surface area is 404 Å². The lowest BCUT2D eigenvalue weighted by Crippen LogP contribution is -2.34. The lowest BCUT2D eigenvalue weighted by molar-refractivity contribution is -0.538. The first-order chi connectivity index (χ1) is 33.0. The van der Waals surface area contributed by atoms with E-state index in [0.717, 1.165) is 12.1 Å². The van der Waals surface area contributed by atoms with Gasteiger partial charge in [0.25, 0.3) is 20.2 Å². The molecular formula is C43H37ClN9O13PS3. The second-order valence-electron chi connectivity index (χ2n) is 15.2. The van der Waals surface area contributed by atoms with E-state index >= 15 is 0 Å². The summed E-state index contributed by atoms with van der Waals surface area (Å²) in [5, 5.41) is 8.02. The number of nitrogens with one attached hydrogen (secondary N) is 3. The Bertz CT molecular complexity index is 3800. The quantitative estimate of drug-likeness (QED) is 0.0254.